The molecular formula is C16H21N3O2. The van der Waals surface area contributed by atoms with Crippen LogP contribution in [0.15, 0.2) is 30.3 Å². The van der Waals surface area contributed by atoms with E-state index in [0.717, 1.165) is 35.1 Å². The standard InChI is InChI=1S/C16H21N3O2/c1-4-13-9-16(19-11(2)18-13)17-10-15(20)12-6-5-7-14(8-12)21-3/h5-9,15,20H,4,10H2,1-3H3,(H,17,18,19). The lowest BCUT2D eigenvalue weighted by molar-refractivity contribution is 0.191. The summed E-state index contributed by atoms with van der Waals surface area (Å²) < 4.78 is 5.16. The first-order valence-corrected chi connectivity index (χ1v) is 7.02. The summed E-state index contributed by atoms with van der Waals surface area (Å²) >= 11 is 0. The minimum Gasteiger partial charge on any atom is -0.497 e. The van der Waals surface area contributed by atoms with Crippen LogP contribution in [-0.2, 0) is 6.42 Å². The van der Waals surface area contributed by atoms with Gasteiger partial charge in [0.2, 0.25) is 0 Å². The van der Waals surface area contributed by atoms with Crippen molar-refractivity contribution in [2.24, 2.45) is 0 Å². The third kappa shape index (κ3) is 4.16. The number of ether oxygens (including phenoxy) is 1. The zero-order valence-corrected chi connectivity index (χ0v) is 12.6. The molecule has 2 N–H and O–H groups in total. The number of anilines is 1. The summed E-state index contributed by atoms with van der Waals surface area (Å²) in [6.45, 7) is 4.30. The second-order valence-electron chi connectivity index (χ2n) is 4.82. The Bertz CT molecular complexity index is 602. The van der Waals surface area contributed by atoms with Crippen LogP contribution in [0.1, 0.15) is 30.1 Å². The van der Waals surface area contributed by atoms with Crippen LogP contribution >= 0.6 is 0 Å². The molecule has 0 fully saturated rings. The number of aliphatic hydroxyl groups is 1. The third-order valence-corrected chi connectivity index (χ3v) is 3.21. The topological polar surface area (TPSA) is 67.3 Å². The highest BCUT2D eigenvalue weighted by Gasteiger charge is 2.09. The lowest BCUT2D eigenvalue weighted by Gasteiger charge is -2.14. The number of aryl methyl sites for hydroxylation is 2. The van der Waals surface area contributed by atoms with E-state index in [-0.39, 0.29) is 0 Å². The van der Waals surface area contributed by atoms with Crippen LogP contribution in [-0.4, -0.2) is 28.7 Å². The molecule has 1 aromatic heterocycles. The number of rotatable bonds is 6. The first kappa shape index (κ1) is 15.3. The number of nitrogens with zero attached hydrogens (tertiary/aromatic N) is 2. The average Bonchev–Trinajstić information content (AvgIpc) is 2.52. The monoisotopic (exact) mass is 287 g/mol. The van der Waals surface area contributed by atoms with Gasteiger partial charge in [0.25, 0.3) is 0 Å². The van der Waals surface area contributed by atoms with E-state index in [1.54, 1.807) is 7.11 Å². The van der Waals surface area contributed by atoms with Crippen LogP contribution in [0.2, 0.25) is 0 Å². The molecule has 0 amide bonds. The van der Waals surface area contributed by atoms with Gasteiger partial charge < -0.3 is 15.2 Å². The summed E-state index contributed by atoms with van der Waals surface area (Å²) in [5.74, 6) is 2.20. The predicted molar refractivity (Wildman–Crippen MR) is 82.6 cm³/mol. The van der Waals surface area contributed by atoms with Crippen LogP contribution in [0.3, 0.4) is 0 Å². The Kier molecular flexibility index (Phi) is 5.11. The van der Waals surface area contributed by atoms with Crippen LogP contribution in [0.5, 0.6) is 5.75 Å². The van der Waals surface area contributed by atoms with Gasteiger partial charge in [0.05, 0.1) is 13.2 Å². The van der Waals surface area contributed by atoms with Crippen molar-refractivity contribution in [3.8, 4) is 5.75 Å². The quantitative estimate of drug-likeness (QED) is 0.854. The summed E-state index contributed by atoms with van der Waals surface area (Å²) in [6.07, 6.45) is 0.233. The Morgan fingerprint density at radius 2 is 2.10 bits per heavy atom. The van der Waals surface area contributed by atoms with Crippen LogP contribution in [0, 0.1) is 6.92 Å². The summed E-state index contributed by atoms with van der Waals surface area (Å²) in [6, 6.07) is 9.32. The van der Waals surface area contributed by atoms with Gasteiger partial charge in [0, 0.05) is 18.3 Å². The highest BCUT2D eigenvalue weighted by molar-refractivity contribution is 5.37. The zero-order chi connectivity index (χ0) is 15.2. The van der Waals surface area contributed by atoms with Gasteiger partial charge in [-0.2, -0.15) is 0 Å². The van der Waals surface area contributed by atoms with Gasteiger partial charge in [0.1, 0.15) is 17.4 Å². The smallest absolute Gasteiger partial charge is 0.130 e. The van der Waals surface area contributed by atoms with E-state index in [4.69, 9.17) is 4.74 Å². The molecule has 0 aliphatic carbocycles. The van der Waals surface area contributed by atoms with Crippen molar-refractivity contribution in [1.29, 1.82) is 0 Å². The van der Waals surface area contributed by atoms with Crippen molar-refractivity contribution in [2.75, 3.05) is 19.0 Å². The number of benzene rings is 1. The molecule has 5 heteroatoms. The fourth-order valence-electron chi connectivity index (χ4n) is 2.07. The molecule has 0 bridgehead atoms. The van der Waals surface area contributed by atoms with Gasteiger partial charge in [-0.3, -0.25) is 0 Å². The number of methoxy groups -OCH3 is 1. The summed E-state index contributed by atoms with van der Waals surface area (Å²) in [4.78, 5) is 8.65. The van der Waals surface area contributed by atoms with E-state index in [1.165, 1.54) is 0 Å². The van der Waals surface area contributed by atoms with Crippen LogP contribution in [0.4, 0.5) is 5.82 Å². The minimum absolute atomic E-state index is 0.382. The van der Waals surface area contributed by atoms with Crippen LogP contribution in [0.25, 0.3) is 0 Å². The maximum atomic E-state index is 10.2. The first-order valence-electron chi connectivity index (χ1n) is 7.02. The molecule has 1 aromatic carbocycles. The van der Waals surface area contributed by atoms with Gasteiger partial charge in [-0.05, 0) is 31.0 Å². The SMILES string of the molecule is CCc1cc(NCC(O)c2cccc(OC)c2)nc(C)n1. The van der Waals surface area contributed by atoms with Gasteiger partial charge in [-0.25, -0.2) is 9.97 Å². The molecule has 0 saturated heterocycles. The van der Waals surface area contributed by atoms with Crippen molar-refractivity contribution in [2.45, 2.75) is 26.4 Å². The molecule has 0 radical (unpaired) electrons. The molecule has 0 saturated carbocycles. The predicted octanol–water partition coefficient (Wildman–Crippen LogP) is 2.50. The van der Waals surface area contributed by atoms with E-state index >= 15 is 0 Å². The van der Waals surface area contributed by atoms with E-state index in [9.17, 15) is 5.11 Å². The van der Waals surface area contributed by atoms with Crippen molar-refractivity contribution in [3.05, 3.63) is 47.4 Å². The average molecular weight is 287 g/mol. The largest absolute Gasteiger partial charge is 0.497 e. The molecule has 2 aromatic rings. The molecule has 1 atom stereocenters. The summed E-state index contributed by atoms with van der Waals surface area (Å²) in [5, 5.41) is 13.4. The number of aliphatic hydroxyl groups excluding tert-OH is 1. The third-order valence-electron chi connectivity index (χ3n) is 3.21. The summed E-state index contributed by atoms with van der Waals surface area (Å²) in [5.41, 5.74) is 1.80. The maximum absolute atomic E-state index is 10.2. The number of aromatic nitrogens is 2. The molecule has 0 spiro atoms. The molecule has 21 heavy (non-hydrogen) atoms. The highest BCUT2D eigenvalue weighted by atomic mass is 16.5. The Morgan fingerprint density at radius 1 is 1.29 bits per heavy atom. The Labute approximate surface area is 125 Å². The van der Waals surface area contributed by atoms with Crippen molar-refractivity contribution >= 4 is 5.82 Å². The summed E-state index contributed by atoms with van der Waals surface area (Å²) in [7, 11) is 1.61. The zero-order valence-electron chi connectivity index (χ0n) is 12.6. The Morgan fingerprint density at radius 3 is 2.81 bits per heavy atom. The molecule has 112 valence electrons. The van der Waals surface area contributed by atoms with Crippen LogP contribution < -0.4 is 10.1 Å². The highest BCUT2D eigenvalue weighted by Crippen LogP contribution is 2.19. The maximum Gasteiger partial charge on any atom is 0.130 e. The Balaban J connectivity index is 2.03. The van der Waals surface area contributed by atoms with E-state index in [0.29, 0.717) is 6.54 Å². The van der Waals surface area contributed by atoms with Gasteiger partial charge in [0.15, 0.2) is 0 Å². The minimum atomic E-state index is -0.625. The molecular weight excluding hydrogens is 266 g/mol. The fraction of sp³-hybridized carbons (Fsp3) is 0.375. The van der Waals surface area contributed by atoms with E-state index < -0.39 is 6.10 Å². The normalized spacial score (nSPS) is 12.0. The Hall–Kier alpha value is -2.14. The second kappa shape index (κ2) is 7.04. The van der Waals surface area contributed by atoms with Crippen molar-refractivity contribution in [1.82, 2.24) is 9.97 Å². The van der Waals surface area contributed by atoms with Gasteiger partial charge in [-0.1, -0.05) is 19.1 Å². The van der Waals surface area contributed by atoms with Crippen molar-refractivity contribution in [3.63, 3.8) is 0 Å². The number of hydrogen-bond donors (Lipinski definition) is 2. The molecule has 1 unspecified atom stereocenters. The van der Waals surface area contributed by atoms with Crippen molar-refractivity contribution < 1.29 is 9.84 Å². The fourth-order valence-corrected chi connectivity index (χ4v) is 2.07. The molecule has 5 nitrogen and oxygen atoms in total. The first-order chi connectivity index (χ1) is 10.1. The lowest BCUT2D eigenvalue weighted by atomic mass is 10.1. The molecule has 0 aliphatic rings. The second-order valence-corrected chi connectivity index (χ2v) is 4.82. The molecule has 1 heterocycles. The van der Waals surface area contributed by atoms with Gasteiger partial charge in [-0.15, -0.1) is 0 Å². The number of nitrogens with one attached hydrogen (secondary N) is 1. The van der Waals surface area contributed by atoms with E-state index in [2.05, 4.69) is 22.2 Å². The van der Waals surface area contributed by atoms with E-state index in [1.807, 2.05) is 37.3 Å². The van der Waals surface area contributed by atoms with Gasteiger partial charge >= 0.3 is 0 Å². The molecule has 0 aliphatic heterocycles. The lowest BCUT2D eigenvalue weighted by Crippen LogP contribution is -2.14. The number of hydrogen-bond acceptors (Lipinski definition) is 5. The molecule has 2 rings (SSSR count).